The predicted octanol–water partition coefficient (Wildman–Crippen LogP) is 5.43. The van der Waals surface area contributed by atoms with Crippen molar-refractivity contribution >= 4 is 33.0 Å². The zero-order valence-electron chi connectivity index (χ0n) is 14.6. The molecule has 3 aliphatic rings. The molecule has 0 bridgehead atoms. The van der Waals surface area contributed by atoms with E-state index in [0.717, 1.165) is 0 Å². The number of allylic oxidation sites excluding steroid dienone is 2. The molecule has 1 saturated carbocycles. The molecule has 21 heavy (non-hydrogen) atoms. The number of rotatable bonds is 2. The lowest BCUT2D eigenvalue weighted by Gasteiger charge is -2.43. The Morgan fingerprint density at radius 1 is 1.14 bits per heavy atom. The Labute approximate surface area is 136 Å². The molecule has 116 valence electrons. The fourth-order valence-electron chi connectivity index (χ4n) is 4.29. The maximum Gasteiger partial charge on any atom is 0.0985 e. The van der Waals surface area contributed by atoms with Crippen LogP contribution in [0.2, 0.25) is 39.3 Å². The molecule has 0 amide bonds. The summed E-state index contributed by atoms with van der Waals surface area (Å²) in [5.41, 5.74) is 1.82. The molecule has 0 saturated heterocycles. The Kier molecular flexibility index (Phi) is 3.55. The minimum Gasteiger partial charge on any atom is -0.271 e. The van der Waals surface area contributed by atoms with Crippen molar-refractivity contribution in [3.05, 3.63) is 22.0 Å². The van der Waals surface area contributed by atoms with Crippen molar-refractivity contribution in [2.24, 2.45) is 4.99 Å². The zero-order valence-corrected chi connectivity index (χ0v) is 17.4. The minimum atomic E-state index is -1.33. The summed E-state index contributed by atoms with van der Waals surface area (Å²) in [5.74, 6) is 0. The van der Waals surface area contributed by atoms with E-state index in [1.165, 1.54) is 24.3 Å². The van der Waals surface area contributed by atoms with Crippen LogP contribution < -0.4 is 0 Å². The standard InChI is InChI=1S/C17H29NSSi2/c1-12-18-17-10-8-9-13(17)11-14(20(2,3)4)15(16(17)19-12)21(5,6)7/h11,16H,8-10H2,1-7H3/t16-,17+/m0/s1. The van der Waals surface area contributed by atoms with Crippen LogP contribution in [0.1, 0.15) is 26.2 Å². The van der Waals surface area contributed by atoms with Crippen molar-refractivity contribution in [3.63, 3.8) is 0 Å². The monoisotopic (exact) mass is 335 g/mol. The van der Waals surface area contributed by atoms with Gasteiger partial charge in [-0.15, -0.1) is 11.8 Å². The maximum atomic E-state index is 5.20. The van der Waals surface area contributed by atoms with Crippen molar-refractivity contribution < 1.29 is 0 Å². The van der Waals surface area contributed by atoms with E-state index in [4.69, 9.17) is 4.99 Å². The van der Waals surface area contributed by atoms with E-state index in [2.05, 4.69) is 64.0 Å². The molecule has 4 heteroatoms. The van der Waals surface area contributed by atoms with E-state index in [1.807, 2.05) is 5.20 Å². The molecular formula is C17H29NSSi2. The van der Waals surface area contributed by atoms with Crippen LogP contribution in [0.3, 0.4) is 0 Å². The smallest absolute Gasteiger partial charge is 0.0985 e. The van der Waals surface area contributed by atoms with Crippen molar-refractivity contribution in [1.29, 1.82) is 0 Å². The second-order valence-corrected chi connectivity index (χ2v) is 20.3. The summed E-state index contributed by atoms with van der Waals surface area (Å²) < 4.78 is 0. The van der Waals surface area contributed by atoms with Crippen LogP contribution in [-0.2, 0) is 0 Å². The quantitative estimate of drug-likeness (QED) is 0.613. The second-order valence-electron chi connectivity index (χ2n) is 8.90. The fourth-order valence-corrected chi connectivity index (χ4v) is 12.7. The van der Waals surface area contributed by atoms with Crippen LogP contribution >= 0.6 is 11.8 Å². The summed E-state index contributed by atoms with van der Waals surface area (Å²) in [6.45, 7) is 17.4. The van der Waals surface area contributed by atoms with Crippen LogP contribution in [0.25, 0.3) is 0 Å². The van der Waals surface area contributed by atoms with Gasteiger partial charge in [-0.2, -0.15) is 0 Å². The number of hydrogen-bond donors (Lipinski definition) is 0. The summed E-state index contributed by atoms with van der Waals surface area (Å²) in [7, 11) is -2.63. The molecule has 0 aromatic heterocycles. The van der Waals surface area contributed by atoms with E-state index in [-0.39, 0.29) is 5.54 Å². The van der Waals surface area contributed by atoms with E-state index < -0.39 is 16.1 Å². The van der Waals surface area contributed by atoms with Gasteiger partial charge in [0.2, 0.25) is 0 Å². The third-order valence-electron chi connectivity index (χ3n) is 5.13. The van der Waals surface area contributed by atoms with Gasteiger partial charge in [0.15, 0.2) is 0 Å². The van der Waals surface area contributed by atoms with Crippen LogP contribution in [0.5, 0.6) is 0 Å². The summed E-state index contributed by atoms with van der Waals surface area (Å²) >= 11 is 2.08. The average Bonchev–Trinajstić information content (AvgIpc) is 2.82. The highest BCUT2D eigenvalue weighted by atomic mass is 32.2. The molecule has 1 heterocycles. The SMILES string of the molecule is CC1=N[C@]23CCCC2=CC([Si](C)(C)C)=C([Si](C)(C)C)[C@@H]3S1. The molecule has 0 aromatic rings. The number of nitrogens with zero attached hydrogens (tertiary/aromatic N) is 1. The molecule has 1 aliphatic heterocycles. The first-order chi connectivity index (χ1) is 9.56. The molecule has 0 unspecified atom stereocenters. The molecule has 2 aliphatic carbocycles. The van der Waals surface area contributed by atoms with Gasteiger partial charge in [-0.1, -0.05) is 55.8 Å². The molecule has 1 fully saturated rings. The molecule has 1 spiro atoms. The van der Waals surface area contributed by atoms with Gasteiger partial charge in [-0.3, -0.25) is 4.99 Å². The van der Waals surface area contributed by atoms with Crippen molar-refractivity contribution in [2.45, 2.75) is 76.3 Å². The van der Waals surface area contributed by atoms with Crippen molar-refractivity contribution in [3.8, 4) is 0 Å². The van der Waals surface area contributed by atoms with E-state index in [9.17, 15) is 0 Å². The number of hydrogen-bond acceptors (Lipinski definition) is 2. The lowest BCUT2D eigenvalue weighted by Crippen LogP contribution is -2.48. The Morgan fingerprint density at radius 3 is 2.38 bits per heavy atom. The highest BCUT2D eigenvalue weighted by Crippen LogP contribution is 2.57. The highest BCUT2D eigenvalue weighted by Gasteiger charge is 2.55. The normalized spacial score (nSPS) is 32.8. The zero-order chi connectivity index (χ0) is 15.6. The Hall–Kier alpha value is -0.0662. The van der Waals surface area contributed by atoms with Gasteiger partial charge in [0, 0.05) is 0 Å². The van der Waals surface area contributed by atoms with Gasteiger partial charge in [0.05, 0.1) is 32.0 Å². The van der Waals surface area contributed by atoms with E-state index >= 15 is 0 Å². The first-order valence-electron chi connectivity index (χ1n) is 8.25. The number of thioether (sulfide) groups is 1. The summed E-state index contributed by atoms with van der Waals surface area (Å²) in [5, 5.41) is 5.57. The summed E-state index contributed by atoms with van der Waals surface area (Å²) in [4.78, 5) is 5.20. The summed E-state index contributed by atoms with van der Waals surface area (Å²) in [6.07, 6.45) is 6.52. The lowest BCUT2D eigenvalue weighted by molar-refractivity contribution is 0.530. The van der Waals surface area contributed by atoms with Gasteiger partial charge >= 0.3 is 0 Å². The third kappa shape index (κ3) is 2.38. The Morgan fingerprint density at radius 2 is 1.81 bits per heavy atom. The van der Waals surface area contributed by atoms with Gasteiger partial charge in [-0.25, -0.2) is 0 Å². The first kappa shape index (κ1) is 15.8. The topological polar surface area (TPSA) is 12.4 Å². The Bertz CT molecular complexity index is 575. The van der Waals surface area contributed by atoms with Crippen LogP contribution in [0.4, 0.5) is 0 Å². The number of aliphatic imine (C=N–C) groups is 1. The molecule has 0 aromatic carbocycles. The minimum absolute atomic E-state index is 0.160. The van der Waals surface area contributed by atoms with Crippen LogP contribution in [-0.4, -0.2) is 32.0 Å². The Balaban J connectivity index is 2.25. The van der Waals surface area contributed by atoms with Crippen LogP contribution in [0.15, 0.2) is 27.0 Å². The highest BCUT2D eigenvalue weighted by molar-refractivity contribution is 8.15. The van der Waals surface area contributed by atoms with E-state index in [1.54, 1.807) is 10.8 Å². The molecule has 2 atom stereocenters. The molecule has 3 rings (SSSR count). The second kappa shape index (κ2) is 4.71. The average molecular weight is 336 g/mol. The predicted molar refractivity (Wildman–Crippen MR) is 103 cm³/mol. The van der Waals surface area contributed by atoms with Gasteiger partial charge in [0.25, 0.3) is 0 Å². The van der Waals surface area contributed by atoms with Crippen molar-refractivity contribution in [1.82, 2.24) is 0 Å². The largest absolute Gasteiger partial charge is 0.271 e. The van der Waals surface area contributed by atoms with Gasteiger partial charge in [0.1, 0.15) is 0 Å². The fraction of sp³-hybridized carbons (Fsp3) is 0.706. The van der Waals surface area contributed by atoms with Crippen molar-refractivity contribution in [2.75, 3.05) is 0 Å². The maximum absolute atomic E-state index is 5.20. The lowest BCUT2D eigenvalue weighted by atomic mass is 9.85. The van der Waals surface area contributed by atoms with E-state index in [0.29, 0.717) is 5.25 Å². The van der Waals surface area contributed by atoms with Gasteiger partial charge in [-0.05, 0) is 31.8 Å². The molecule has 1 nitrogen and oxygen atoms in total. The molecule has 0 N–H and O–H groups in total. The molecule has 0 radical (unpaired) electrons. The first-order valence-corrected chi connectivity index (χ1v) is 16.1. The molecular weight excluding hydrogens is 306 g/mol. The van der Waals surface area contributed by atoms with Gasteiger partial charge < -0.3 is 0 Å². The summed E-state index contributed by atoms with van der Waals surface area (Å²) in [6, 6.07) is 0. The third-order valence-corrected chi connectivity index (χ3v) is 11.1. The van der Waals surface area contributed by atoms with Crippen LogP contribution in [0, 0.1) is 0 Å².